The summed E-state index contributed by atoms with van der Waals surface area (Å²) in [5, 5.41) is 0.786. The molecule has 17 heavy (non-hydrogen) atoms. The molecule has 0 bridgehead atoms. The van der Waals surface area contributed by atoms with Gasteiger partial charge in [-0.1, -0.05) is 18.7 Å². The van der Waals surface area contributed by atoms with Gasteiger partial charge in [-0.3, -0.25) is 9.78 Å². The first-order valence-electron chi connectivity index (χ1n) is 5.39. The number of hydrogen-bond donors (Lipinski definition) is 1. The summed E-state index contributed by atoms with van der Waals surface area (Å²) in [5.41, 5.74) is 0.677. The van der Waals surface area contributed by atoms with Gasteiger partial charge < -0.3 is 9.30 Å². The van der Waals surface area contributed by atoms with Gasteiger partial charge in [0.1, 0.15) is 0 Å². The van der Waals surface area contributed by atoms with Gasteiger partial charge in [0.25, 0.3) is 11.6 Å². The predicted octanol–water partition coefficient (Wildman–Crippen LogP) is 1.17. The average molecular weight is 254 g/mol. The number of ether oxygens (including phenoxy) is 1. The van der Waals surface area contributed by atoms with Crippen LogP contribution < -0.4 is 10.3 Å². The molecule has 0 unspecified atom stereocenters. The van der Waals surface area contributed by atoms with E-state index in [4.69, 9.17) is 4.74 Å². The summed E-state index contributed by atoms with van der Waals surface area (Å²) in [6, 6.07) is 0.219. The topological polar surface area (TPSA) is 72.8 Å². The van der Waals surface area contributed by atoms with E-state index in [0.29, 0.717) is 17.8 Å². The Labute approximate surface area is 102 Å². The molecule has 0 amide bonds. The van der Waals surface area contributed by atoms with Crippen LogP contribution in [0.1, 0.15) is 13.8 Å². The first-order valence-corrected chi connectivity index (χ1v) is 6.38. The monoisotopic (exact) mass is 254 g/mol. The third-order valence-electron chi connectivity index (χ3n) is 2.23. The van der Waals surface area contributed by atoms with Crippen molar-refractivity contribution in [2.24, 2.45) is 7.05 Å². The van der Waals surface area contributed by atoms with E-state index in [0.717, 1.165) is 10.9 Å². The van der Waals surface area contributed by atoms with Crippen LogP contribution in [0.5, 0.6) is 6.01 Å². The smallest absolute Gasteiger partial charge is 0.298 e. The average Bonchev–Trinajstić information content (AvgIpc) is 2.57. The molecule has 0 aliphatic carbocycles. The standard InChI is InChI=1S/C10H14N4O2S/c1-4-16-9-11-7-6(8(15)13-9)14(3)10(12-7)17-5-2/h4-5H2,1-3H3,(H,11,13,15). The molecule has 0 saturated heterocycles. The van der Waals surface area contributed by atoms with Gasteiger partial charge in [-0.2, -0.15) is 4.98 Å². The summed E-state index contributed by atoms with van der Waals surface area (Å²) < 4.78 is 6.94. The molecular formula is C10H14N4O2S. The van der Waals surface area contributed by atoms with Crippen molar-refractivity contribution < 1.29 is 4.74 Å². The van der Waals surface area contributed by atoms with E-state index in [2.05, 4.69) is 15.0 Å². The number of aromatic nitrogens is 4. The lowest BCUT2D eigenvalue weighted by molar-refractivity contribution is 0.313. The molecule has 0 aliphatic heterocycles. The first kappa shape index (κ1) is 12.0. The van der Waals surface area contributed by atoms with Gasteiger partial charge in [-0.15, -0.1) is 0 Å². The maximum absolute atomic E-state index is 11.9. The molecule has 2 rings (SSSR count). The summed E-state index contributed by atoms with van der Waals surface area (Å²) >= 11 is 1.57. The molecule has 1 N–H and O–H groups in total. The Balaban J connectivity index is 2.61. The van der Waals surface area contributed by atoms with E-state index in [1.807, 2.05) is 20.9 Å². The fraction of sp³-hybridized carbons (Fsp3) is 0.500. The van der Waals surface area contributed by atoms with Crippen molar-refractivity contribution in [1.29, 1.82) is 0 Å². The Morgan fingerprint density at radius 3 is 2.82 bits per heavy atom. The van der Waals surface area contributed by atoms with Crippen molar-refractivity contribution in [3.05, 3.63) is 10.4 Å². The summed E-state index contributed by atoms with van der Waals surface area (Å²) in [4.78, 5) is 22.9. The van der Waals surface area contributed by atoms with Crippen molar-refractivity contribution in [3.63, 3.8) is 0 Å². The number of thioether (sulfide) groups is 1. The number of aromatic amines is 1. The van der Waals surface area contributed by atoms with Crippen molar-refractivity contribution in [3.8, 4) is 6.01 Å². The highest BCUT2D eigenvalue weighted by molar-refractivity contribution is 7.99. The highest BCUT2D eigenvalue weighted by atomic mass is 32.2. The molecule has 2 aromatic rings. The summed E-state index contributed by atoms with van der Waals surface area (Å²) in [5.74, 6) is 0.896. The molecule has 7 heteroatoms. The molecule has 0 radical (unpaired) electrons. The van der Waals surface area contributed by atoms with Crippen molar-refractivity contribution >= 4 is 22.9 Å². The largest absolute Gasteiger partial charge is 0.465 e. The Morgan fingerprint density at radius 2 is 2.18 bits per heavy atom. The summed E-state index contributed by atoms with van der Waals surface area (Å²) in [6.45, 7) is 4.33. The van der Waals surface area contributed by atoms with Gasteiger partial charge in [-0.25, -0.2) is 4.98 Å². The minimum absolute atomic E-state index is 0.219. The van der Waals surface area contributed by atoms with E-state index >= 15 is 0 Å². The summed E-state index contributed by atoms with van der Waals surface area (Å²) in [6.07, 6.45) is 0. The maximum atomic E-state index is 11.9. The normalized spacial score (nSPS) is 11.0. The number of imidazole rings is 1. The third-order valence-corrected chi connectivity index (χ3v) is 3.15. The number of fused-ring (bicyclic) bond motifs is 1. The van der Waals surface area contributed by atoms with Crippen molar-refractivity contribution in [2.75, 3.05) is 12.4 Å². The zero-order valence-corrected chi connectivity index (χ0v) is 10.8. The lowest BCUT2D eigenvalue weighted by atomic mass is 10.5. The fourth-order valence-electron chi connectivity index (χ4n) is 1.54. The Bertz CT molecular complexity index is 590. The number of nitrogens with zero attached hydrogens (tertiary/aromatic N) is 3. The third kappa shape index (κ3) is 2.14. The zero-order valence-electron chi connectivity index (χ0n) is 9.98. The van der Waals surface area contributed by atoms with Crippen LogP contribution >= 0.6 is 11.8 Å². The minimum atomic E-state index is -0.226. The van der Waals surface area contributed by atoms with Crippen LogP contribution in [0.15, 0.2) is 9.95 Å². The van der Waals surface area contributed by atoms with Gasteiger partial charge in [0.15, 0.2) is 16.3 Å². The van der Waals surface area contributed by atoms with Gasteiger partial charge in [-0.05, 0) is 12.7 Å². The number of hydrogen-bond acceptors (Lipinski definition) is 5. The van der Waals surface area contributed by atoms with Crippen LogP contribution in [0, 0.1) is 0 Å². The van der Waals surface area contributed by atoms with E-state index in [9.17, 15) is 4.79 Å². The SMILES string of the molecule is CCOc1nc2nc(SCC)n(C)c2c(=O)[nH]1. The van der Waals surface area contributed by atoms with E-state index in [1.54, 1.807) is 16.3 Å². The van der Waals surface area contributed by atoms with Crippen LogP contribution in [0.2, 0.25) is 0 Å². The number of nitrogens with one attached hydrogen (secondary N) is 1. The Morgan fingerprint density at radius 1 is 1.41 bits per heavy atom. The fourth-order valence-corrected chi connectivity index (χ4v) is 2.23. The van der Waals surface area contributed by atoms with Crippen LogP contribution in [-0.4, -0.2) is 31.9 Å². The molecule has 2 heterocycles. The molecule has 0 saturated carbocycles. The summed E-state index contributed by atoms with van der Waals surface area (Å²) in [7, 11) is 1.81. The quantitative estimate of drug-likeness (QED) is 0.829. The molecule has 0 atom stereocenters. The maximum Gasteiger partial charge on any atom is 0.298 e. The second kappa shape index (κ2) is 4.79. The Hall–Kier alpha value is -1.50. The molecule has 92 valence electrons. The molecule has 0 aromatic carbocycles. The minimum Gasteiger partial charge on any atom is -0.465 e. The van der Waals surface area contributed by atoms with E-state index < -0.39 is 0 Å². The molecule has 0 spiro atoms. The molecule has 0 aliphatic rings. The second-order valence-electron chi connectivity index (χ2n) is 3.36. The van der Waals surface area contributed by atoms with Crippen LogP contribution in [-0.2, 0) is 7.05 Å². The van der Waals surface area contributed by atoms with Gasteiger partial charge in [0, 0.05) is 7.05 Å². The zero-order chi connectivity index (χ0) is 12.4. The van der Waals surface area contributed by atoms with Crippen LogP contribution in [0.25, 0.3) is 11.2 Å². The predicted molar refractivity (Wildman–Crippen MR) is 66.7 cm³/mol. The number of aryl methyl sites for hydroxylation is 1. The van der Waals surface area contributed by atoms with Gasteiger partial charge >= 0.3 is 0 Å². The number of rotatable bonds is 4. The van der Waals surface area contributed by atoms with E-state index in [-0.39, 0.29) is 11.6 Å². The highest BCUT2D eigenvalue weighted by Crippen LogP contribution is 2.19. The van der Waals surface area contributed by atoms with Crippen LogP contribution in [0.3, 0.4) is 0 Å². The highest BCUT2D eigenvalue weighted by Gasteiger charge is 2.13. The molecule has 2 aromatic heterocycles. The van der Waals surface area contributed by atoms with Gasteiger partial charge in [0.05, 0.1) is 6.61 Å². The molecular weight excluding hydrogens is 240 g/mol. The number of H-pyrrole nitrogens is 1. The lowest BCUT2D eigenvalue weighted by Gasteiger charge is -2.00. The second-order valence-corrected chi connectivity index (χ2v) is 4.59. The molecule has 0 fully saturated rings. The lowest BCUT2D eigenvalue weighted by Crippen LogP contribution is -2.13. The van der Waals surface area contributed by atoms with Crippen molar-refractivity contribution in [1.82, 2.24) is 19.5 Å². The van der Waals surface area contributed by atoms with Crippen molar-refractivity contribution in [2.45, 2.75) is 19.0 Å². The van der Waals surface area contributed by atoms with E-state index in [1.165, 1.54) is 0 Å². The van der Waals surface area contributed by atoms with Crippen LogP contribution in [0.4, 0.5) is 0 Å². The Kier molecular flexibility index (Phi) is 3.37. The first-order chi connectivity index (χ1) is 8.17. The van der Waals surface area contributed by atoms with Gasteiger partial charge in [0.2, 0.25) is 0 Å². The molecule has 6 nitrogen and oxygen atoms in total.